The number of amides is 1. The molecule has 0 saturated carbocycles. The fraction of sp³-hybridized carbons (Fsp3) is 0.294. The lowest BCUT2D eigenvalue weighted by molar-refractivity contribution is -0.116. The number of rotatable bonds is 5. The average molecular weight is 397 g/mol. The van der Waals surface area contributed by atoms with Crippen LogP contribution in [0.25, 0.3) is 0 Å². The number of carbonyl (C=O) groups excluding carboxylic acids is 1. The third-order valence-corrected chi connectivity index (χ3v) is 6.06. The molecule has 0 atom stereocenters. The number of anilines is 1. The lowest BCUT2D eigenvalue weighted by atomic mass is 10.3. The van der Waals surface area contributed by atoms with Crippen LogP contribution in [0, 0.1) is 11.6 Å². The Morgan fingerprint density at radius 2 is 1.78 bits per heavy atom. The van der Waals surface area contributed by atoms with Crippen molar-refractivity contribution in [2.75, 3.05) is 18.4 Å². The predicted octanol–water partition coefficient (Wildman–Crippen LogP) is 1.55. The third kappa shape index (κ3) is 4.22. The summed E-state index contributed by atoms with van der Waals surface area (Å²) in [5, 5.41) is 2.33. The fourth-order valence-corrected chi connectivity index (χ4v) is 4.33. The molecule has 2 aromatic rings. The predicted molar refractivity (Wildman–Crippen MR) is 93.7 cm³/mol. The summed E-state index contributed by atoms with van der Waals surface area (Å²) in [5.41, 5.74) is -0.538. The largest absolute Gasteiger partial charge is 0.324 e. The van der Waals surface area contributed by atoms with Gasteiger partial charge in [0.2, 0.25) is 15.9 Å². The summed E-state index contributed by atoms with van der Waals surface area (Å²) in [5.74, 6) is -2.86. The van der Waals surface area contributed by atoms with Gasteiger partial charge in [-0.05, 0) is 31.0 Å². The lowest BCUT2D eigenvalue weighted by Crippen LogP contribution is -2.31. The van der Waals surface area contributed by atoms with E-state index < -0.39 is 39.7 Å². The van der Waals surface area contributed by atoms with Gasteiger partial charge in [0.1, 0.15) is 6.54 Å². The van der Waals surface area contributed by atoms with E-state index in [1.54, 1.807) is 0 Å². The van der Waals surface area contributed by atoms with Crippen LogP contribution in [0.1, 0.15) is 12.8 Å². The molecule has 27 heavy (non-hydrogen) atoms. The van der Waals surface area contributed by atoms with E-state index in [2.05, 4.69) is 5.32 Å². The Balaban J connectivity index is 1.79. The van der Waals surface area contributed by atoms with E-state index in [-0.39, 0.29) is 10.6 Å². The summed E-state index contributed by atoms with van der Waals surface area (Å²) in [4.78, 5) is 24.0. The van der Waals surface area contributed by atoms with Gasteiger partial charge in [-0.15, -0.1) is 0 Å². The third-order valence-electron chi connectivity index (χ3n) is 4.18. The number of hydrogen-bond acceptors (Lipinski definition) is 4. The Labute approximate surface area is 154 Å². The van der Waals surface area contributed by atoms with E-state index in [1.165, 1.54) is 16.4 Å². The maximum Gasteiger partial charge on any atom is 0.251 e. The maximum absolute atomic E-state index is 13.2. The minimum Gasteiger partial charge on any atom is -0.324 e. The molecule has 144 valence electrons. The summed E-state index contributed by atoms with van der Waals surface area (Å²) >= 11 is 0. The van der Waals surface area contributed by atoms with Gasteiger partial charge in [0.05, 0.1) is 4.90 Å². The van der Waals surface area contributed by atoms with Crippen LogP contribution in [0.15, 0.2) is 46.2 Å². The zero-order valence-corrected chi connectivity index (χ0v) is 15.0. The Hall–Kier alpha value is -2.59. The molecule has 1 amide bonds. The van der Waals surface area contributed by atoms with Gasteiger partial charge in [0.25, 0.3) is 5.56 Å². The number of benzene rings is 1. The quantitative estimate of drug-likeness (QED) is 0.829. The van der Waals surface area contributed by atoms with Gasteiger partial charge in [-0.2, -0.15) is 4.31 Å². The van der Waals surface area contributed by atoms with E-state index in [4.69, 9.17) is 0 Å². The zero-order chi connectivity index (χ0) is 19.6. The molecule has 2 heterocycles. The molecular weight excluding hydrogens is 380 g/mol. The average Bonchev–Trinajstić information content (AvgIpc) is 3.15. The molecule has 7 nitrogen and oxygen atoms in total. The highest BCUT2D eigenvalue weighted by molar-refractivity contribution is 7.89. The van der Waals surface area contributed by atoms with Crippen molar-refractivity contribution in [1.29, 1.82) is 0 Å². The molecule has 1 N–H and O–H groups in total. The standard InChI is InChI=1S/C17H17F2N3O4S/c18-14-5-3-12(9-15(14)19)20-16(23)11-21-10-13(4-6-17(21)24)27(25,26)22-7-1-2-8-22/h3-6,9-10H,1-2,7-8,11H2,(H,20,23). The number of pyridine rings is 1. The highest BCUT2D eigenvalue weighted by atomic mass is 32.2. The summed E-state index contributed by atoms with van der Waals surface area (Å²) < 4.78 is 53.6. The topological polar surface area (TPSA) is 88.5 Å². The van der Waals surface area contributed by atoms with Crippen LogP contribution in [0.5, 0.6) is 0 Å². The molecule has 3 rings (SSSR count). The van der Waals surface area contributed by atoms with Crippen LogP contribution in [-0.4, -0.2) is 36.3 Å². The van der Waals surface area contributed by atoms with Crippen LogP contribution >= 0.6 is 0 Å². The molecular formula is C17H17F2N3O4S. The number of nitrogens with zero attached hydrogens (tertiary/aromatic N) is 2. The Bertz CT molecular complexity index is 1030. The zero-order valence-electron chi connectivity index (χ0n) is 14.2. The summed E-state index contributed by atoms with van der Waals surface area (Å²) in [6, 6.07) is 5.13. The first-order chi connectivity index (χ1) is 12.8. The second-order valence-corrected chi connectivity index (χ2v) is 8.06. The number of aromatic nitrogens is 1. The van der Waals surface area contributed by atoms with Crippen molar-refractivity contribution in [3.63, 3.8) is 0 Å². The van der Waals surface area contributed by atoms with Gasteiger partial charge in [0, 0.05) is 37.1 Å². The van der Waals surface area contributed by atoms with Crippen molar-refractivity contribution in [3.05, 3.63) is 58.5 Å². The van der Waals surface area contributed by atoms with Gasteiger partial charge >= 0.3 is 0 Å². The van der Waals surface area contributed by atoms with Crippen molar-refractivity contribution in [2.24, 2.45) is 0 Å². The van der Waals surface area contributed by atoms with Crippen LogP contribution in [0.2, 0.25) is 0 Å². The molecule has 1 fully saturated rings. The Morgan fingerprint density at radius 1 is 1.07 bits per heavy atom. The first-order valence-corrected chi connectivity index (χ1v) is 9.67. The van der Waals surface area contributed by atoms with Crippen molar-refractivity contribution in [2.45, 2.75) is 24.3 Å². The molecule has 0 spiro atoms. The smallest absolute Gasteiger partial charge is 0.251 e. The van der Waals surface area contributed by atoms with Gasteiger partial charge in [-0.3, -0.25) is 9.59 Å². The summed E-state index contributed by atoms with van der Waals surface area (Å²) in [6.07, 6.45) is 2.66. The minimum atomic E-state index is -3.73. The van der Waals surface area contributed by atoms with Crippen LogP contribution < -0.4 is 10.9 Å². The molecule has 1 aliphatic heterocycles. The fourth-order valence-electron chi connectivity index (χ4n) is 2.79. The molecule has 0 bridgehead atoms. The van der Waals surface area contributed by atoms with Crippen LogP contribution in [0.3, 0.4) is 0 Å². The molecule has 1 aromatic carbocycles. The molecule has 1 saturated heterocycles. The van der Waals surface area contributed by atoms with E-state index in [0.717, 1.165) is 41.8 Å². The second-order valence-electron chi connectivity index (χ2n) is 6.12. The van der Waals surface area contributed by atoms with E-state index >= 15 is 0 Å². The molecule has 1 aromatic heterocycles. The molecule has 10 heteroatoms. The SMILES string of the molecule is O=C(Cn1cc(S(=O)(=O)N2CCCC2)ccc1=O)Nc1ccc(F)c(F)c1. The van der Waals surface area contributed by atoms with E-state index in [1.807, 2.05) is 0 Å². The first-order valence-electron chi connectivity index (χ1n) is 8.23. The number of sulfonamides is 1. The Kier molecular flexibility index (Phi) is 5.38. The Morgan fingerprint density at radius 3 is 2.44 bits per heavy atom. The maximum atomic E-state index is 13.2. The van der Waals surface area contributed by atoms with Crippen molar-refractivity contribution in [1.82, 2.24) is 8.87 Å². The highest BCUT2D eigenvalue weighted by Gasteiger charge is 2.27. The van der Waals surface area contributed by atoms with E-state index in [9.17, 15) is 26.8 Å². The van der Waals surface area contributed by atoms with Crippen LogP contribution in [0.4, 0.5) is 14.5 Å². The molecule has 0 radical (unpaired) electrons. The number of halogens is 2. The van der Waals surface area contributed by atoms with Gasteiger partial charge < -0.3 is 9.88 Å². The monoisotopic (exact) mass is 397 g/mol. The molecule has 1 aliphatic rings. The summed E-state index contributed by atoms with van der Waals surface area (Å²) in [6.45, 7) is 0.358. The van der Waals surface area contributed by atoms with Gasteiger partial charge in [-0.1, -0.05) is 0 Å². The molecule has 0 unspecified atom stereocenters. The minimum absolute atomic E-state index is 0.0211. The highest BCUT2D eigenvalue weighted by Crippen LogP contribution is 2.20. The van der Waals surface area contributed by atoms with Gasteiger partial charge in [-0.25, -0.2) is 17.2 Å². The van der Waals surface area contributed by atoms with Crippen LogP contribution in [-0.2, 0) is 21.4 Å². The normalized spacial score (nSPS) is 15.0. The number of nitrogens with one attached hydrogen (secondary N) is 1. The van der Waals surface area contributed by atoms with E-state index in [0.29, 0.717) is 13.1 Å². The first kappa shape index (κ1) is 19.2. The van der Waals surface area contributed by atoms with Crippen molar-refractivity contribution >= 4 is 21.6 Å². The van der Waals surface area contributed by atoms with Crippen molar-refractivity contribution in [3.8, 4) is 0 Å². The van der Waals surface area contributed by atoms with Gasteiger partial charge in [0.15, 0.2) is 11.6 Å². The second kappa shape index (κ2) is 7.57. The lowest BCUT2D eigenvalue weighted by Gasteiger charge is -2.16. The number of hydrogen-bond donors (Lipinski definition) is 1. The molecule has 0 aliphatic carbocycles. The number of carbonyl (C=O) groups is 1. The summed E-state index contributed by atoms with van der Waals surface area (Å²) in [7, 11) is -3.73. The van der Waals surface area contributed by atoms with Crippen molar-refractivity contribution < 1.29 is 22.0 Å².